The second kappa shape index (κ2) is 5.58. The van der Waals surface area contributed by atoms with Crippen molar-refractivity contribution in [3.8, 4) is 0 Å². The largest absolute Gasteiger partial charge is 0.406 e. The summed E-state index contributed by atoms with van der Waals surface area (Å²) in [7, 11) is 0. The van der Waals surface area contributed by atoms with E-state index in [2.05, 4.69) is 4.57 Å². The highest BCUT2D eigenvalue weighted by atomic mass is 19.4. The van der Waals surface area contributed by atoms with E-state index in [1.165, 1.54) is 0 Å². The van der Waals surface area contributed by atoms with Crippen LogP contribution < -0.4 is 0 Å². The Labute approximate surface area is 131 Å². The lowest BCUT2D eigenvalue weighted by Crippen LogP contribution is -2.44. The minimum absolute atomic E-state index is 0.140. The average molecular weight is 329 g/mol. The van der Waals surface area contributed by atoms with Gasteiger partial charge in [0.15, 0.2) is 0 Å². The van der Waals surface area contributed by atoms with Crippen LogP contribution in [0.25, 0.3) is 0 Å². The first-order chi connectivity index (χ1) is 10.8. The molecule has 0 N–H and O–H groups in total. The third-order valence-electron chi connectivity index (χ3n) is 4.56. The summed E-state index contributed by atoms with van der Waals surface area (Å²) >= 11 is 0. The van der Waals surface area contributed by atoms with Gasteiger partial charge in [-0.1, -0.05) is 0 Å². The van der Waals surface area contributed by atoms with E-state index in [-0.39, 0.29) is 24.9 Å². The highest BCUT2D eigenvalue weighted by molar-refractivity contribution is 5.89. The Morgan fingerprint density at radius 3 is 2.78 bits per heavy atom. The van der Waals surface area contributed by atoms with Gasteiger partial charge in [-0.15, -0.1) is 0 Å². The summed E-state index contributed by atoms with van der Waals surface area (Å²) in [6, 6.07) is 3.70. The number of nitrogens with zero attached hydrogens (tertiary/aromatic N) is 3. The first kappa shape index (κ1) is 15.9. The summed E-state index contributed by atoms with van der Waals surface area (Å²) in [5, 5.41) is 0. The number of amides is 2. The summed E-state index contributed by atoms with van der Waals surface area (Å²) in [5.41, 5.74) is 1.00. The lowest BCUT2D eigenvalue weighted by Gasteiger charge is -2.36. The molecule has 0 radical (unpaired) electrons. The van der Waals surface area contributed by atoms with E-state index in [1.807, 2.05) is 25.3 Å². The lowest BCUT2D eigenvalue weighted by atomic mass is 10.0. The third-order valence-corrected chi connectivity index (χ3v) is 4.56. The molecule has 0 aliphatic carbocycles. The highest BCUT2D eigenvalue weighted by Gasteiger charge is 2.42. The van der Waals surface area contributed by atoms with Crippen molar-refractivity contribution in [1.29, 1.82) is 0 Å². The minimum atomic E-state index is -4.44. The Bertz CT molecular complexity index is 626. The molecule has 1 aromatic heterocycles. The topological polar surface area (TPSA) is 45.6 Å². The minimum Gasteiger partial charge on any atom is -0.348 e. The van der Waals surface area contributed by atoms with E-state index in [0.717, 1.165) is 10.6 Å². The number of carbonyl (C=O) groups excluding carboxylic acids is 2. The monoisotopic (exact) mass is 329 g/mol. The second-order valence-corrected chi connectivity index (χ2v) is 6.12. The van der Waals surface area contributed by atoms with Crippen molar-refractivity contribution in [2.45, 2.75) is 32.1 Å². The van der Waals surface area contributed by atoms with Crippen LogP contribution in [0.5, 0.6) is 0 Å². The van der Waals surface area contributed by atoms with Gasteiger partial charge >= 0.3 is 6.18 Å². The van der Waals surface area contributed by atoms with Gasteiger partial charge in [-0.05, 0) is 19.1 Å². The van der Waals surface area contributed by atoms with Crippen LogP contribution in [-0.4, -0.2) is 52.0 Å². The van der Waals surface area contributed by atoms with Crippen LogP contribution in [0.4, 0.5) is 13.2 Å². The van der Waals surface area contributed by atoms with Gasteiger partial charge in [0.05, 0.1) is 12.0 Å². The zero-order valence-electron chi connectivity index (χ0n) is 12.7. The normalized spacial score (nSPS) is 25.0. The fourth-order valence-corrected chi connectivity index (χ4v) is 3.42. The molecule has 2 aliphatic rings. The number of hydrogen-bond acceptors (Lipinski definition) is 2. The Morgan fingerprint density at radius 1 is 1.35 bits per heavy atom. The molecule has 0 bridgehead atoms. The van der Waals surface area contributed by atoms with Crippen LogP contribution in [0.3, 0.4) is 0 Å². The van der Waals surface area contributed by atoms with E-state index in [1.54, 1.807) is 4.90 Å². The number of hydrogen-bond donors (Lipinski definition) is 0. The number of alkyl halides is 3. The van der Waals surface area contributed by atoms with Crippen molar-refractivity contribution < 1.29 is 22.8 Å². The van der Waals surface area contributed by atoms with Crippen LogP contribution in [-0.2, 0) is 16.1 Å². The van der Waals surface area contributed by atoms with E-state index in [0.29, 0.717) is 13.1 Å². The molecule has 3 rings (SSSR count). The van der Waals surface area contributed by atoms with Gasteiger partial charge in [-0.2, -0.15) is 13.2 Å². The Hall–Kier alpha value is -1.99. The number of fused-ring (bicyclic) bond motifs is 1. The summed E-state index contributed by atoms with van der Waals surface area (Å²) in [6.45, 7) is 1.62. The molecule has 1 saturated heterocycles. The van der Waals surface area contributed by atoms with Crippen LogP contribution in [0.2, 0.25) is 0 Å². The first-order valence-corrected chi connectivity index (χ1v) is 7.56. The number of likely N-dealkylation sites (tertiary alicyclic amines) is 1. The average Bonchev–Trinajstić information content (AvgIpc) is 3.05. The Balaban J connectivity index is 1.69. The molecule has 0 spiro atoms. The fourth-order valence-electron chi connectivity index (χ4n) is 3.42. The standard InChI is InChI=1S/C15H18F3N3O2/c1-10-12-3-2-4-19(12)5-6-21(10)14(23)11-7-13(22)20(8-11)9-15(16,17)18/h2-4,10-11H,5-9H2,1H3/t10-,11-/m0/s1. The van der Waals surface area contributed by atoms with Crippen LogP contribution in [0.1, 0.15) is 25.1 Å². The maximum absolute atomic E-state index is 12.7. The number of carbonyl (C=O) groups is 2. The van der Waals surface area contributed by atoms with E-state index < -0.39 is 24.5 Å². The molecule has 1 aromatic rings. The molecule has 0 saturated carbocycles. The second-order valence-electron chi connectivity index (χ2n) is 6.12. The molecule has 3 heterocycles. The molecule has 2 aliphatic heterocycles. The van der Waals surface area contributed by atoms with Gasteiger partial charge < -0.3 is 14.4 Å². The molecule has 23 heavy (non-hydrogen) atoms. The molecule has 8 heteroatoms. The number of rotatable bonds is 2. The Morgan fingerprint density at radius 2 is 2.09 bits per heavy atom. The summed E-state index contributed by atoms with van der Waals surface area (Å²) in [4.78, 5) is 26.8. The summed E-state index contributed by atoms with van der Waals surface area (Å²) in [6.07, 6.45) is -2.64. The van der Waals surface area contributed by atoms with E-state index in [4.69, 9.17) is 0 Å². The maximum Gasteiger partial charge on any atom is 0.406 e. The molecular formula is C15H18F3N3O2. The fraction of sp³-hybridized carbons (Fsp3) is 0.600. The van der Waals surface area contributed by atoms with Crippen molar-refractivity contribution in [3.05, 3.63) is 24.0 Å². The predicted molar refractivity (Wildman–Crippen MR) is 75.3 cm³/mol. The molecule has 0 aromatic carbocycles. The first-order valence-electron chi connectivity index (χ1n) is 7.56. The molecule has 1 fully saturated rings. The van der Waals surface area contributed by atoms with Crippen molar-refractivity contribution >= 4 is 11.8 Å². The summed E-state index contributed by atoms with van der Waals surface area (Å²) in [5.74, 6) is -1.52. The number of aromatic nitrogens is 1. The van der Waals surface area contributed by atoms with Crippen molar-refractivity contribution in [1.82, 2.24) is 14.4 Å². The van der Waals surface area contributed by atoms with E-state index in [9.17, 15) is 22.8 Å². The third kappa shape index (κ3) is 3.07. The molecule has 2 amide bonds. The van der Waals surface area contributed by atoms with Crippen molar-refractivity contribution in [2.75, 3.05) is 19.6 Å². The van der Waals surface area contributed by atoms with Crippen LogP contribution >= 0.6 is 0 Å². The molecule has 126 valence electrons. The molecular weight excluding hydrogens is 311 g/mol. The molecule has 5 nitrogen and oxygen atoms in total. The SMILES string of the molecule is C[C@H]1c2cccn2CCN1C(=O)[C@H]1CC(=O)N(CC(F)(F)F)C1. The van der Waals surface area contributed by atoms with Crippen molar-refractivity contribution in [2.24, 2.45) is 5.92 Å². The van der Waals surface area contributed by atoms with Crippen LogP contribution in [0.15, 0.2) is 18.3 Å². The zero-order chi connectivity index (χ0) is 16.8. The lowest BCUT2D eigenvalue weighted by molar-refractivity contribution is -0.157. The highest BCUT2D eigenvalue weighted by Crippen LogP contribution is 2.30. The van der Waals surface area contributed by atoms with Crippen molar-refractivity contribution in [3.63, 3.8) is 0 Å². The van der Waals surface area contributed by atoms with Gasteiger partial charge in [-0.25, -0.2) is 0 Å². The van der Waals surface area contributed by atoms with Gasteiger partial charge in [-0.3, -0.25) is 9.59 Å². The quantitative estimate of drug-likeness (QED) is 0.831. The Kier molecular flexibility index (Phi) is 3.85. The van der Waals surface area contributed by atoms with Gasteiger partial charge in [0.2, 0.25) is 11.8 Å². The van der Waals surface area contributed by atoms with E-state index >= 15 is 0 Å². The molecule has 2 atom stereocenters. The van der Waals surface area contributed by atoms with Gasteiger partial charge in [0.1, 0.15) is 6.54 Å². The van der Waals surface area contributed by atoms with Crippen LogP contribution in [0, 0.1) is 5.92 Å². The summed E-state index contributed by atoms with van der Waals surface area (Å²) < 4.78 is 39.5. The smallest absolute Gasteiger partial charge is 0.348 e. The maximum atomic E-state index is 12.7. The predicted octanol–water partition coefficient (Wildman–Crippen LogP) is 1.80. The molecule has 0 unspecified atom stereocenters. The van der Waals surface area contributed by atoms with Gasteiger partial charge in [0, 0.05) is 37.9 Å². The van der Waals surface area contributed by atoms with Gasteiger partial charge in [0.25, 0.3) is 0 Å². The number of halogens is 3. The zero-order valence-corrected chi connectivity index (χ0v) is 12.7.